The van der Waals surface area contributed by atoms with E-state index < -0.39 is 0 Å². The molecule has 1 N–H and O–H groups in total. The molecule has 3 rings (SSSR count). The largest absolute Gasteiger partial charge is 0.324 e. The monoisotopic (exact) mass is 326 g/mol. The SMILES string of the molecule is N#CCc1ccc(NC(=O)N2CC[C@H](CN3CCCCC3)C2)cc1. The maximum atomic E-state index is 12.4. The number of nitrogens with one attached hydrogen (secondary N) is 1. The van der Waals surface area contributed by atoms with Crippen molar-refractivity contribution in [3.8, 4) is 6.07 Å². The topological polar surface area (TPSA) is 59.4 Å². The fourth-order valence-corrected chi connectivity index (χ4v) is 3.67. The first-order chi connectivity index (χ1) is 11.7. The number of amides is 2. The number of benzene rings is 1. The molecule has 1 aromatic carbocycles. The average Bonchev–Trinajstić information content (AvgIpc) is 3.06. The van der Waals surface area contributed by atoms with Crippen molar-refractivity contribution in [2.45, 2.75) is 32.1 Å². The van der Waals surface area contributed by atoms with E-state index in [9.17, 15) is 4.79 Å². The number of urea groups is 1. The van der Waals surface area contributed by atoms with Crippen molar-refractivity contribution in [2.24, 2.45) is 5.92 Å². The zero-order chi connectivity index (χ0) is 16.8. The van der Waals surface area contributed by atoms with Crippen LogP contribution < -0.4 is 5.32 Å². The second-order valence-electron chi connectivity index (χ2n) is 6.92. The Bertz CT molecular complexity index is 586. The predicted molar refractivity (Wildman–Crippen MR) is 94.7 cm³/mol. The molecule has 0 aliphatic carbocycles. The molecule has 1 aromatic rings. The van der Waals surface area contributed by atoms with Crippen LogP contribution in [0.2, 0.25) is 0 Å². The number of hydrogen-bond acceptors (Lipinski definition) is 3. The van der Waals surface area contributed by atoms with Crippen LogP contribution in [0.4, 0.5) is 10.5 Å². The summed E-state index contributed by atoms with van der Waals surface area (Å²) in [6.07, 6.45) is 5.50. The summed E-state index contributed by atoms with van der Waals surface area (Å²) in [5.74, 6) is 0.604. The third-order valence-corrected chi connectivity index (χ3v) is 5.03. The highest BCUT2D eigenvalue weighted by molar-refractivity contribution is 5.89. The van der Waals surface area contributed by atoms with Crippen molar-refractivity contribution < 1.29 is 4.79 Å². The molecule has 2 fully saturated rings. The molecule has 0 saturated carbocycles. The molecule has 2 amide bonds. The van der Waals surface area contributed by atoms with E-state index in [0.29, 0.717) is 12.3 Å². The molecule has 2 saturated heterocycles. The second-order valence-corrected chi connectivity index (χ2v) is 6.92. The van der Waals surface area contributed by atoms with E-state index in [2.05, 4.69) is 16.3 Å². The van der Waals surface area contributed by atoms with Crippen LogP contribution in [0.15, 0.2) is 24.3 Å². The van der Waals surface area contributed by atoms with Crippen molar-refractivity contribution >= 4 is 11.7 Å². The number of piperidine rings is 1. The van der Waals surface area contributed by atoms with Crippen LogP contribution in [0.1, 0.15) is 31.2 Å². The summed E-state index contributed by atoms with van der Waals surface area (Å²) < 4.78 is 0. The first kappa shape index (κ1) is 16.8. The molecule has 0 aromatic heterocycles. The van der Waals surface area contributed by atoms with Crippen molar-refractivity contribution in [1.82, 2.24) is 9.80 Å². The van der Waals surface area contributed by atoms with E-state index in [0.717, 1.165) is 37.3 Å². The van der Waals surface area contributed by atoms with Crippen LogP contribution in [0.5, 0.6) is 0 Å². The number of carbonyl (C=O) groups excluding carboxylic acids is 1. The maximum Gasteiger partial charge on any atom is 0.321 e. The minimum Gasteiger partial charge on any atom is -0.324 e. The standard InChI is InChI=1S/C19H26N4O/c20-10-8-16-4-6-18(7-5-16)21-19(24)23-13-9-17(15-23)14-22-11-2-1-3-12-22/h4-7,17H,1-3,8-9,11-15H2,(H,21,24)/t17-/m1/s1. The Kier molecular flexibility index (Phi) is 5.71. The van der Waals surface area contributed by atoms with Gasteiger partial charge in [0, 0.05) is 25.3 Å². The van der Waals surface area contributed by atoms with Crippen molar-refractivity contribution in [3.05, 3.63) is 29.8 Å². The van der Waals surface area contributed by atoms with Gasteiger partial charge in [-0.1, -0.05) is 18.6 Å². The fraction of sp³-hybridized carbons (Fsp3) is 0.579. The average molecular weight is 326 g/mol. The minimum atomic E-state index is -0.0100. The van der Waals surface area contributed by atoms with E-state index >= 15 is 0 Å². The van der Waals surface area contributed by atoms with Gasteiger partial charge in [-0.3, -0.25) is 0 Å². The number of rotatable bonds is 4. The first-order valence-corrected chi connectivity index (χ1v) is 8.99. The molecular formula is C19H26N4O. The lowest BCUT2D eigenvalue weighted by molar-refractivity contribution is 0.192. The zero-order valence-electron chi connectivity index (χ0n) is 14.2. The van der Waals surface area contributed by atoms with Gasteiger partial charge in [0.25, 0.3) is 0 Å². The Morgan fingerprint density at radius 1 is 1.17 bits per heavy atom. The summed E-state index contributed by atoms with van der Waals surface area (Å²) >= 11 is 0. The summed E-state index contributed by atoms with van der Waals surface area (Å²) in [7, 11) is 0. The predicted octanol–water partition coefficient (Wildman–Crippen LogP) is 3.09. The number of hydrogen-bond donors (Lipinski definition) is 1. The van der Waals surface area contributed by atoms with Gasteiger partial charge in [-0.05, 0) is 56.0 Å². The van der Waals surface area contributed by atoms with Gasteiger partial charge >= 0.3 is 6.03 Å². The first-order valence-electron chi connectivity index (χ1n) is 8.99. The Morgan fingerprint density at radius 3 is 2.62 bits per heavy atom. The summed E-state index contributed by atoms with van der Waals surface area (Å²) in [6, 6.07) is 9.63. The van der Waals surface area contributed by atoms with Crippen LogP contribution in [-0.2, 0) is 6.42 Å². The molecular weight excluding hydrogens is 300 g/mol. The van der Waals surface area contributed by atoms with Crippen molar-refractivity contribution in [1.29, 1.82) is 5.26 Å². The number of nitrogens with zero attached hydrogens (tertiary/aromatic N) is 3. The maximum absolute atomic E-state index is 12.4. The lowest BCUT2D eigenvalue weighted by Gasteiger charge is -2.29. The molecule has 2 heterocycles. The molecule has 0 bridgehead atoms. The number of anilines is 1. The van der Waals surface area contributed by atoms with Crippen LogP contribution in [0.3, 0.4) is 0 Å². The Hall–Kier alpha value is -2.06. The van der Waals surface area contributed by atoms with Gasteiger partial charge in [-0.25, -0.2) is 4.79 Å². The van der Waals surface area contributed by atoms with Gasteiger partial charge < -0.3 is 15.1 Å². The van der Waals surface area contributed by atoms with Gasteiger partial charge in [0.1, 0.15) is 0 Å². The van der Waals surface area contributed by atoms with Crippen LogP contribution >= 0.6 is 0 Å². The second kappa shape index (κ2) is 8.16. The molecule has 128 valence electrons. The molecule has 2 aliphatic rings. The van der Waals surface area contributed by atoms with Gasteiger partial charge in [-0.15, -0.1) is 0 Å². The van der Waals surface area contributed by atoms with Crippen molar-refractivity contribution in [3.63, 3.8) is 0 Å². The fourth-order valence-electron chi connectivity index (χ4n) is 3.67. The number of likely N-dealkylation sites (tertiary alicyclic amines) is 2. The van der Waals surface area contributed by atoms with E-state index in [1.807, 2.05) is 29.2 Å². The lowest BCUT2D eigenvalue weighted by Crippen LogP contribution is -2.37. The summed E-state index contributed by atoms with van der Waals surface area (Å²) in [6.45, 7) is 5.27. The van der Waals surface area contributed by atoms with Crippen LogP contribution in [-0.4, -0.2) is 48.6 Å². The highest BCUT2D eigenvalue weighted by Gasteiger charge is 2.28. The van der Waals surface area contributed by atoms with Crippen LogP contribution in [0, 0.1) is 17.2 Å². The third kappa shape index (κ3) is 4.48. The molecule has 5 nitrogen and oxygen atoms in total. The highest BCUT2D eigenvalue weighted by Crippen LogP contribution is 2.21. The molecule has 24 heavy (non-hydrogen) atoms. The van der Waals surface area contributed by atoms with E-state index in [1.165, 1.54) is 32.4 Å². The molecule has 5 heteroatoms. The normalized spacial score (nSPS) is 21.5. The molecule has 2 aliphatic heterocycles. The Morgan fingerprint density at radius 2 is 1.92 bits per heavy atom. The summed E-state index contributed by atoms with van der Waals surface area (Å²) in [4.78, 5) is 16.9. The Labute approximate surface area is 144 Å². The summed E-state index contributed by atoms with van der Waals surface area (Å²) in [5, 5.41) is 11.7. The highest BCUT2D eigenvalue weighted by atomic mass is 16.2. The minimum absolute atomic E-state index is 0.0100. The van der Waals surface area contributed by atoms with E-state index in [-0.39, 0.29) is 6.03 Å². The molecule has 0 unspecified atom stereocenters. The molecule has 0 radical (unpaired) electrons. The molecule has 1 atom stereocenters. The smallest absolute Gasteiger partial charge is 0.321 e. The van der Waals surface area contributed by atoms with E-state index in [4.69, 9.17) is 5.26 Å². The lowest BCUT2D eigenvalue weighted by atomic mass is 10.1. The van der Waals surface area contributed by atoms with Crippen molar-refractivity contribution in [2.75, 3.05) is 38.0 Å². The van der Waals surface area contributed by atoms with E-state index in [1.54, 1.807) is 0 Å². The van der Waals surface area contributed by atoms with Crippen LogP contribution in [0.25, 0.3) is 0 Å². The quantitative estimate of drug-likeness (QED) is 0.925. The number of carbonyl (C=O) groups is 1. The zero-order valence-corrected chi connectivity index (χ0v) is 14.2. The van der Waals surface area contributed by atoms with Gasteiger partial charge in [0.15, 0.2) is 0 Å². The van der Waals surface area contributed by atoms with Gasteiger partial charge in [-0.2, -0.15) is 5.26 Å². The number of nitriles is 1. The third-order valence-electron chi connectivity index (χ3n) is 5.03. The van der Waals surface area contributed by atoms with Gasteiger partial charge in [0.2, 0.25) is 0 Å². The summed E-state index contributed by atoms with van der Waals surface area (Å²) in [5.41, 5.74) is 1.76. The van der Waals surface area contributed by atoms with Gasteiger partial charge in [0.05, 0.1) is 12.5 Å². The molecule has 0 spiro atoms. The Balaban J connectivity index is 1.46.